The summed E-state index contributed by atoms with van der Waals surface area (Å²) in [5.74, 6) is -0.320. The number of unbranched alkanes of at least 4 members (excludes halogenated alkanes) is 1. The molecule has 0 aliphatic heterocycles. The van der Waals surface area contributed by atoms with Gasteiger partial charge in [-0.1, -0.05) is 0 Å². The fourth-order valence-electron chi connectivity index (χ4n) is 0.859. The van der Waals surface area contributed by atoms with Crippen LogP contribution in [0.4, 0.5) is 0 Å². The molecule has 0 radical (unpaired) electrons. The lowest BCUT2D eigenvalue weighted by atomic mass is 10.1. The number of nitrogens with one attached hydrogen (secondary N) is 1. The van der Waals surface area contributed by atoms with Crippen LogP contribution in [0.15, 0.2) is 0 Å². The van der Waals surface area contributed by atoms with Gasteiger partial charge in [0.2, 0.25) is 5.91 Å². The minimum absolute atomic E-state index is 0.320. The van der Waals surface area contributed by atoms with E-state index in [2.05, 4.69) is 5.32 Å². The van der Waals surface area contributed by atoms with Gasteiger partial charge in [0.15, 0.2) is 0 Å². The van der Waals surface area contributed by atoms with Crippen LogP contribution < -0.4 is 11.1 Å². The summed E-state index contributed by atoms with van der Waals surface area (Å²) in [7, 11) is 1.68. The second kappa shape index (κ2) is 5.94. The van der Waals surface area contributed by atoms with Gasteiger partial charge in [0.25, 0.3) is 0 Å². The van der Waals surface area contributed by atoms with Gasteiger partial charge in [-0.05, 0) is 33.2 Å². The fourth-order valence-corrected chi connectivity index (χ4v) is 0.859. The monoisotopic (exact) mass is 188 g/mol. The Morgan fingerprint density at radius 3 is 2.54 bits per heavy atom. The molecule has 3 N–H and O–H groups in total. The summed E-state index contributed by atoms with van der Waals surface area (Å²) in [5.41, 5.74) is 4.58. The van der Waals surface area contributed by atoms with Crippen molar-refractivity contribution in [1.29, 1.82) is 0 Å². The molecule has 0 saturated carbocycles. The Kier molecular flexibility index (Phi) is 5.66. The average Bonchev–Trinajstić information content (AvgIpc) is 2.03. The van der Waals surface area contributed by atoms with Crippen molar-refractivity contribution in [2.45, 2.75) is 32.2 Å². The van der Waals surface area contributed by atoms with Gasteiger partial charge in [-0.3, -0.25) is 4.79 Å². The SMILES string of the molecule is COCCCCNC(C)(C)C(N)=O. The van der Waals surface area contributed by atoms with E-state index in [0.29, 0.717) is 0 Å². The molecule has 0 atom stereocenters. The predicted molar refractivity (Wildman–Crippen MR) is 52.4 cm³/mol. The van der Waals surface area contributed by atoms with Crippen LogP contribution in [0.3, 0.4) is 0 Å². The van der Waals surface area contributed by atoms with E-state index in [1.807, 2.05) is 0 Å². The van der Waals surface area contributed by atoms with Gasteiger partial charge in [0.1, 0.15) is 0 Å². The van der Waals surface area contributed by atoms with E-state index in [9.17, 15) is 4.79 Å². The Bertz CT molecular complexity index is 158. The molecule has 0 aromatic heterocycles. The van der Waals surface area contributed by atoms with E-state index in [0.717, 1.165) is 26.0 Å². The zero-order valence-electron chi connectivity index (χ0n) is 8.72. The molecule has 0 aromatic rings. The zero-order chi connectivity index (χ0) is 10.3. The number of nitrogens with two attached hydrogens (primary N) is 1. The number of carbonyl (C=O) groups is 1. The molecular weight excluding hydrogens is 168 g/mol. The smallest absolute Gasteiger partial charge is 0.237 e. The zero-order valence-corrected chi connectivity index (χ0v) is 8.72. The van der Waals surface area contributed by atoms with E-state index in [4.69, 9.17) is 10.5 Å². The van der Waals surface area contributed by atoms with E-state index in [1.165, 1.54) is 0 Å². The lowest BCUT2D eigenvalue weighted by Gasteiger charge is -2.22. The van der Waals surface area contributed by atoms with Crippen molar-refractivity contribution in [3.63, 3.8) is 0 Å². The lowest BCUT2D eigenvalue weighted by molar-refractivity contribution is -0.123. The van der Waals surface area contributed by atoms with Gasteiger partial charge in [-0.15, -0.1) is 0 Å². The molecule has 13 heavy (non-hydrogen) atoms. The highest BCUT2D eigenvalue weighted by molar-refractivity contribution is 5.83. The molecule has 4 nitrogen and oxygen atoms in total. The number of methoxy groups -OCH3 is 1. The van der Waals surface area contributed by atoms with Crippen LogP contribution in [0.5, 0.6) is 0 Å². The van der Waals surface area contributed by atoms with Crippen LogP contribution >= 0.6 is 0 Å². The van der Waals surface area contributed by atoms with Gasteiger partial charge in [-0.2, -0.15) is 0 Å². The Morgan fingerprint density at radius 1 is 1.46 bits per heavy atom. The first-order chi connectivity index (χ1) is 6.00. The molecule has 0 saturated heterocycles. The normalized spacial score (nSPS) is 11.6. The van der Waals surface area contributed by atoms with Gasteiger partial charge < -0.3 is 15.8 Å². The standard InChI is InChI=1S/C9H20N2O2/c1-9(2,8(10)12)11-6-4-5-7-13-3/h11H,4-7H2,1-3H3,(H2,10,12). The lowest BCUT2D eigenvalue weighted by Crippen LogP contribution is -2.50. The number of primary amides is 1. The van der Waals surface area contributed by atoms with Crippen molar-refractivity contribution in [2.75, 3.05) is 20.3 Å². The maximum atomic E-state index is 10.9. The van der Waals surface area contributed by atoms with Crippen molar-refractivity contribution in [1.82, 2.24) is 5.32 Å². The van der Waals surface area contributed by atoms with Crippen LogP contribution in [-0.4, -0.2) is 31.7 Å². The number of hydrogen-bond acceptors (Lipinski definition) is 3. The first-order valence-electron chi connectivity index (χ1n) is 4.54. The molecule has 0 aliphatic carbocycles. The number of carbonyl (C=O) groups excluding carboxylic acids is 1. The summed E-state index contributed by atoms with van der Waals surface area (Å²) in [6, 6.07) is 0. The van der Waals surface area contributed by atoms with Crippen molar-refractivity contribution in [2.24, 2.45) is 5.73 Å². The van der Waals surface area contributed by atoms with E-state index < -0.39 is 5.54 Å². The van der Waals surface area contributed by atoms with Crippen molar-refractivity contribution < 1.29 is 9.53 Å². The van der Waals surface area contributed by atoms with Crippen molar-refractivity contribution in [3.05, 3.63) is 0 Å². The number of ether oxygens (including phenoxy) is 1. The third-order valence-corrected chi connectivity index (χ3v) is 1.96. The molecule has 0 bridgehead atoms. The molecule has 0 unspecified atom stereocenters. The van der Waals surface area contributed by atoms with Crippen molar-refractivity contribution in [3.8, 4) is 0 Å². The van der Waals surface area contributed by atoms with Crippen molar-refractivity contribution >= 4 is 5.91 Å². The number of amides is 1. The third-order valence-electron chi connectivity index (χ3n) is 1.96. The van der Waals surface area contributed by atoms with Gasteiger partial charge in [0.05, 0.1) is 5.54 Å². The average molecular weight is 188 g/mol. The molecule has 0 aliphatic rings. The van der Waals surface area contributed by atoms with Gasteiger partial charge >= 0.3 is 0 Å². The summed E-state index contributed by atoms with van der Waals surface area (Å²) in [5, 5.41) is 3.09. The first-order valence-corrected chi connectivity index (χ1v) is 4.54. The minimum atomic E-state index is -0.604. The predicted octanol–water partition coefficient (Wildman–Crippen LogP) is 0.267. The summed E-state index contributed by atoms with van der Waals surface area (Å²) in [4.78, 5) is 10.9. The highest BCUT2D eigenvalue weighted by Gasteiger charge is 2.22. The van der Waals surface area contributed by atoms with E-state index >= 15 is 0 Å². The van der Waals surface area contributed by atoms with Crippen LogP contribution in [-0.2, 0) is 9.53 Å². The molecular formula is C9H20N2O2. The molecule has 0 rings (SSSR count). The molecule has 78 valence electrons. The Morgan fingerprint density at radius 2 is 2.08 bits per heavy atom. The molecule has 1 amide bonds. The second-order valence-corrected chi connectivity index (χ2v) is 3.62. The fraction of sp³-hybridized carbons (Fsp3) is 0.889. The van der Waals surface area contributed by atoms with Crippen LogP contribution in [0.2, 0.25) is 0 Å². The number of hydrogen-bond donors (Lipinski definition) is 2. The first kappa shape index (κ1) is 12.4. The van der Waals surface area contributed by atoms with Crippen LogP contribution in [0, 0.1) is 0 Å². The quantitative estimate of drug-likeness (QED) is 0.563. The Hall–Kier alpha value is -0.610. The molecule has 0 spiro atoms. The maximum Gasteiger partial charge on any atom is 0.237 e. The summed E-state index contributed by atoms with van der Waals surface area (Å²) in [6.45, 7) is 5.12. The number of rotatable bonds is 7. The topological polar surface area (TPSA) is 64.3 Å². The highest BCUT2D eigenvalue weighted by Crippen LogP contribution is 2.00. The molecule has 0 aromatic carbocycles. The van der Waals surface area contributed by atoms with E-state index in [1.54, 1.807) is 21.0 Å². The minimum Gasteiger partial charge on any atom is -0.385 e. The van der Waals surface area contributed by atoms with Gasteiger partial charge in [-0.25, -0.2) is 0 Å². The molecule has 4 heteroatoms. The highest BCUT2D eigenvalue weighted by atomic mass is 16.5. The third kappa shape index (κ3) is 5.60. The van der Waals surface area contributed by atoms with Crippen LogP contribution in [0.25, 0.3) is 0 Å². The maximum absolute atomic E-state index is 10.9. The van der Waals surface area contributed by atoms with Gasteiger partial charge in [0, 0.05) is 13.7 Å². The van der Waals surface area contributed by atoms with Crippen LogP contribution in [0.1, 0.15) is 26.7 Å². The summed E-state index contributed by atoms with van der Waals surface area (Å²) in [6.07, 6.45) is 1.99. The second-order valence-electron chi connectivity index (χ2n) is 3.62. The Balaban J connectivity index is 3.46. The molecule has 0 fully saturated rings. The molecule has 0 heterocycles. The Labute approximate surface area is 79.8 Å². The summed E-state index contributed by atoms with van der Waals surface area (Å²) >= 11 is 0. The van der Waals surface area contributed by atoms with E-state index in [-0.39, 0.29) is 5.91 Å². The summed E-state index contributed by atoms with van der Waals surface area (Å²) < 4.78 is 4.90. The largest absolute Gasteiger partial charge is 0.385 e.